The molecule has 1 unspecified atom stereocenters. The molecule has 0 aromatic carbocycles. The summed E-state index contributed by atoms with van der Waals surface area (Å²) in [5, 5.41) is 11.3. The lowest BCUT2D eigenvalue weighted by Crippen LogP contribution is -2.35. The van der Waals surface area contributed by atoms with Crippen molar-refractivity contribution in [1.82, 2.24) is 4.90 Å². The first kappa shape index (κ1) is 13.7. The quantitative estimate of drug-likeness (QED) is 0.909. The molecule has 0 spiro atoms. The smallest absolute Gasteiger partial charge is 0.314 e. The predicted molar refractivity (Wildman–Crippen MR) is 70.2 cm³/mol. The van der Waals surface area contributed by atoms with Gasteiger partial charge in [-0.15, -0.1) is 11.3 Å². The molecule has 0 amide bonds. The van der Waals surface area contributed by atoms with Gasteiger partial charge in [-0.05, 0) is 56.0 Å². The topological polar surface area (TPSA) is 40.5 Å². The largest absolute Gasteiger partial charge is 0.481 e. The van der Waals surface area contributed by atoms with E-state index in [4.69, 9.17) is 0 Å². The summed E-state index contributed by atoms with van der Waals surface area (Å²) in [6.07, 6.45) is 0.613. The van der Waals surface area contributed by atoms with E-state index in [9.17, 15) is 9.90 Å². The first-order chi connectivity index (χ1) is 7.36. The van der Waals surface area contributed by atoms with E-state index in [1.54, 1.807) is 6.92 Å². The van der Waals surface area contributed by atoms with Gasteiger partial charge in [-0.25, -0.2) is 0 Å². The highest BCUT2D eigenvalue weighted by molar-refractivity contribution is 9.10. The van der Waals surface area contributed by atoms with Crippen LogP contribution in [0.3, 0.4) is 0 Å². The minimum absolute atomic E-state index is 0.613. The summed E-state index contributed by atoms with van der Waals surface area (Å²) in [6.45, 7) is 2.55. The molecule has 3 nitrogen and oxygen atoms in total. The number of hydrogen-bond acceptors (Lipinski definition) is 3. The normalized spacial score (nSPS) is 15.1. The molecule has 0 saturated heterocycles. The van der Waals surface area contributed by atoms with E-state index in [1.807, 2.05) is 30.4 Å². The number of carboxylic acid groups (broad SMARTS) is 1. The van der Waals surface area contributed by atoms with Crippen LogP contribution in [0.2, 0.25) is 0 Å². The molecule has 0 aliphatic rings. The third-order valence-corrected chi connectivity index (χ3v) is 4.60. The molecule has 16 heavy (non-hydrogen) atoms. The first-order valence-corrected chi connectivity index (χ1v) is 6.66. The Balaban J connectivity index is 2.92. The molecule has 0 aliphatic heterocycles. The zero-order valence-corrected chi connectivity index (χ0v) is 12.1. The lowest BCUT2D eigenvalue weighted by atomic mass is 9.85. The number of hydrogen-bond donors (Lipinski definition) is 1. The van der Waals surface area contributed by atoms with Gasteiger partial charge in [0.2, 0.25) is 0 Å². The summed E-state index contributed by atoms with van der Waals surface area (Å²) in [5.74, 6) is -0.760. The number of thiophene rings is 1. The first-order valence-electron chi connectivity index (χ1n) is 4.99. The Kier molecular flexibility index (Phi) is 4.52. The summed E-state index contributed by atoms with van der Waals surface area (Å²) in [7, 11) is 3.90. The Labute approximate surface area is 108 Å². The standard InChI is InChI=1S/C11H16BrNO2S/c1-11(10(14)15,4-5-13(2)3)9-6-8(12)7-16-9/h6-7H,4-5H2,1-3H3,(H,14,15). The molecule has 1 aromatic rings. The predicted octanol–water partition coefficient (Wildman–Crippen LogP) is 2.80. The van der Waals surface area contributed by atoms with Crippen molar-refractivity contribution in [3.05, 3.63) is 20.8 Å². The van der Waals surface area contributed by atoms with E-state index in [1.165, 1.54) is 11.3 Å². The molecule has 1 heterocycles. The Morgan fingerprint density at radius 3 is 2.62 bits per heavy atom. The molecule has 90 valence electrons. The summed E-state index contributed by atoms with van der Waals surface area (Å²) >= 11 is 4.85. The Bertz CT molecular complexity index is 378. The van der Waals surface area contributed by atoms with Gasteiger partial charge in [-0.3, -0.25) is 4.79 Å². The lowest BCUT2D eigenvalue weighted by molar-refractivity contribution is -0.143. The maximum absolute atomic E-state index is 11.4. The van der Waals surface area contributed by atoms with Gasteiger partial charge < -0.3 is 10.0 Å². The molecule has 1 rings (SSSR count). The van der Waals surface area contributed by atoms with Gasteiger partial charge in [0.05, 0.1) is 0 Å². The van der Waals surface area contributed by atoms with Gasteiger partial charge in [0.25, 0.3) is 0 Å². The molecule has 0 fully saturated rings. The third-order valence-electron chi connectivity index (χ3n) is 2.64. The van der Waals surface area contributed by atoms with Crippen LogP contribution in [0.1, 0.15) is 18.2 Å². The van der Waals surface area contributed by atoms with Crippen LogP contribution < -0.4 is 0 Å². The Morgan fingerprint density at radius 2 is 2.25 bits per heavy atom. The lowest BCUT2D eigenvalue weighted by Gasteiger charge is -2.25. The Morgan fingerprint density at radius 1 is 1.62 bits per heavy atom. The molecular weight excluding hydrogens is 290 g/mol. The van der Waals surface area contributed by atoms with Crippen molar-refractivity contribution in [3.8, 4) is 0 Å². The van der Waals surface area contributed by atoms with Crippen LogP contribution in [0, 0.1) is 0 Å². The second kappa shape index (κ2) is 5.29. The second-order valence-corrected chi connectivity index (χ2v) is 6.15. The summed E-state index contributed by atoms with van der Waals surface area (Å²) in [4.78, 5) is 14.3. The zero-order valence-electron chi connectivity index (χ0n) is 9.66. The molecule has 5 heteroatoms. The van der Waals surface area contributed by atoms with Crippen LogP contribution in [-0.2, 0) is 10.2 Å². The average molecular weight is 306 g/mol. The molecule has 1 N–H and O–H groups in total. The van der Waals surface area contributed by atoms with Crippen LogP contribution in [0.5, 0.6) is 0 Å². The third kappa shape index (κ3) is 3.06. The summed E-state index contributed by atoms with van der Waals surface area (Å²) in [6, 6.07) is 1.90. The van der Waals surface area contributed by atoms with E-state index in [0.29, 0.717) is 6.42 Å². The maximum atomic E-state index is 11.4. The maximum Gasteiger partial charge on any atom is 0.314 e. The van der Waals surface area contributed by atoms with Gasteiger partial charge >= 0.3 is 5.97 Å². The van der Waals surface area contributed by atoms with Crippen LogP contribution >= 0.6 is 27.3 Å². The monoisotopic (exact) mass is 305 g/mol. The molecule has 0 bridgehead atoms. The van der Waals surface area contributed by atoms with Crippen LogP contribution in [-0.4, -0.2) is 36.6 Å². The van der Waals surface area contributed by atoms with Gasteiger partial charge in [-0.1, -0.05) is 0 Å². The molecular formula is C11H16BrNO2S. The molecule has 1 atom stereocenters. The number of rotatable bonds is 5. The SMILES string of the molecule is CN(C)CCC(C)(C(=O)O)c1cc(Br)cs1. The Hall–Kier alpha value is -0.390. The molecule has 0 radical (unpaired) electrons. The van der Waals surface area contributed by atoms with E-state index in [0.717, 1.165) is 15.9 Å². The highest BCUT2D eigenvalue weighted by atomic mass is 79.9. The van der Waals surface area contributed by atoms with Crippen molar-refractivity contribution in [2.45, 2.75) is 18.8 Å². The van der Waals surface area contributed by atoms with E-state index in [2.05, 4.69) is 15.9 Å². The fraction of sp³-hybridized carbons (Fsp3) is 0.545. The van der Waals surface area contributed by atoms with Crippen molar-refractivity contribution in [1.29, 1.82) is 0 Å². The number of aliphatic carboxylic acids is 1. The average Bonchev–Trinajstić information content (AvgIpc) is 2.61. The van der Waals surface area contributed by atoms with E-state index < -0.39 is 11.4 Å². The second-order valence-electron chi connectivity index (χ2n) is 4.32. The van der Waals surface area contributed by atoms with Gasteiger partial charge in [0.15, 0.2) is 0 Å². The summed E-state index contributed by atoms with van der Waals surface area (Å²) < 4.78 is 0.949. The number of nitrogens with zero attached hydrogens (tertiary/aromatic N) is 1. The zero-order chi connectivity index (χ0) is 12.3. The van der Waals surface area contributed by atoms with E-state index in [-0.39, 0.29) is 0 Å². The van der Waals surface area contributed by atoms with Gasteiger partial charge in [0.1, 0.15) is 5.41 Å². The molecule has 1 aromatic heterocycles. The fourth-order valence-corrected chi connectivity index (χ4v) is 3.00. The van der Waals surface area contributed by atoms with Gasteiger partial charge in [-0.2, -0.15) is 0 Å². The minimum atomic E-state index is -0.791. The van der Waals surface area contributed by atoms with Crippen LogP contribution in [0.25, 0.3) is 0 Å². The molecule has 0 aliphatic carbocycles. The number of carboxylic acids is 1. The highest BCUT2D eigenvalue weighted by Crippen LogP contribution is 2.34. The summed E-state index contributed by atoms with van der Waals surface area (Å²) in [5.41, 5.74) is -0.791. The van der Waals surface area contributed by atoms with Crippen molar-refractivity contribution in [2.75, 3.05) is 20.6 Å². The van der Waals surface area contributed by atoms with Crippen LogP contribution in [0.4, 0.5) is 0 Å². The number of carbonyl (C=O) groups is 1. The van der Waals surface area contributed by atoms with Crippen molar-refractivity contribution < 1.29 is 9.90 Å². The van der Waals surface area contributed by atoms with Crippen molar-refractivity contribution in [2.24, 2.45) is 0 Å². The van der Waals surface area contributed by atoms with Crippen molar-refractivity contribution in [3.63, 3.8) is 0 Å². The fourth-order valence-electron chi connectivity index (χ4n) is 1.39. The molecule has 0 saturated carbocycles. The highest BCUT2D eigenvalue weighted by Gasteiger charge is 2.36. The number of halogens is 1. The van der Waals surface area contributed by atoms with Gasteiger partial charge in [0, 0.05) is 14.7 Å². The van der Waals surface area contributed by atoms with Crippen molar-refractivity contribution >= 4 is 33.2 Å². The van der Waals surface area contributed by atoms with Crippen LogP contribution in [0.15, 0.2) is 15.9 Å². The minimum Gasteiger partial charge on any atom is -0.481 e. The van der Waals surface area contributed by atoms with E-state index >= 15 is 0 Å².